The van der Waals surface area contributed by atoms with Gasteiger partial charge in [0.1, 0.15) is 0 Å². The summed E-state index contributed by atoms with van der Waals surface area (Å²) >= 11 is 0. The lowest BCUT2D eigenvalue weighted by Crippen LogP contribution is -2.15. The van der Waals surface area contributed by atoms with Gasteiger partial charge in [0.2, 0.25) is 6.79 Å². The summed E-state index contributed by atoms with van der Waals surface area (Å²) in [5.74, 6) is 1.26. The average molecular weight is 512 g/mol. The lowest BCUT2D eigenvalue weighted by molar-refractivity contribution is 0.0730. The number of H-pyrrole nitrogens is 1. The van der Waals surface area contributed by atoms with Gasteiger partial charge in [-0.25, -0.2) is 4.79 Å². The number of hydrogen-bond acceptors (Lipinski definition) is 8. The van der Waals surface area contributed by atoms with Crippen LogP contribution >= 0.6 is 0 Å². The molecule has 0 aliphatic carbocycles. The third-order valence-corrected chi connectivity index (χ3v) is 6.69. The number of esters is 1. The number of methoxy groups -OCH3 is 1. The first-order chi connectivity index (χ1) is 18.4. The molecule has 38 heavy (non-hydrogen) atoms. The first kappa shape index (κ1) is 23.7. The Labute approximate surface area is 217 Å². The number of carbonyl (C=O) groups excluding carboxylic acids is 1. The van der Waals surface area contributed by atoms with E-state index in [1.165, 1.54) is 13.2 Å². The molecular weight excluding hydrogens is 486 g/mol. The summed E-state index contributed by atoms with van der Waals surface area (Å²) in [5, 5.41) is 2.47. The fourth-order valence-electron chi connectivity index (χ4n) is 4.81. The SMILES string of the molecule is COc1cc2c(cc1OC(=O)c1ccccc1)c(=O)[nH]c1c3cc4c(c(CCN(C)C)c3ncc21)OCO4. The third-order valence-electron chi connectivity index (χ3n) is 6.69. The molecular formula is C29H25N3O6. The van der Waals surface area contributed by atoms with Crippen molar-refractivity contribution in [2.24, 2.45) is 0 Å². The smallest absolute Gasteiger partial charge is 0.343 e. The number of aromatic nitrogens is 2. The first-order valence-electron chi connectivity index (χ1n) is 12.1. The van der Waals surface area contributed by atoms with Crippen LogP contribution in [0.2, 0.25) is 0 Å². The van der Waals surface area contributed by atoms with Crippen LogP contribution < -0.4 is 24.5 Å². The summed E-state index contributed by atoms with van der Waals surface area (Å²) < 4.78 is 22.7. The Morgan fingerprint density at radius 1 is 1.03 bits per heavy atom. The van der Waals surface area contributed by atoms with Gasteiger partial charge >= 0.3 is 5.97 Å². The van der Waals surface area contributed by atoms with Gasteiger partial charge in [0, 0.05) is 34.5 Å². The molecule has 0 saturated carbocycles. The van der Waals surface area contributed by atoms with Gasteiger partial charge in [0.15, 0.2) is 23.0 Å². The number of fused-ring (bicyclic) bond motifs is 6. The van der Waals surface area contributed by atoms with Crippen LogP contribution in [0.15, 0.2) is 59.5 Å². The molecule has 0 radical (unpaired) electrons. The predicted octanol–water partition coefficient (Wildman–Crippen LogP) is 4.29. The molecule has 9 nitrogen and oxygen atoms in total. The zero-order valence-corrected chi connectivity index (χ0v) is 21.2. The van der Waals surface area contributed by atoms with Crippen molar-refractivity contribution < 1.29 is 23.7 Å². The van der Waals surface area contributed by atoms with E-state index in [2.05, 4.69) is 9.88 Å². The molecule has 0 fully saturated rings. The number of benzene rings is 3. The van der Waals surface area contributed by atoms with Crippen molar-refractivity contribution in [1.82, 2.24) is 14.9 Å². The lowest BCUT2D eigenvalue weighted by atomic mass is 10.00. The number of hydrogen-bond donors (Lipinski definition) is 1. The highest BCUT2D eigenvalue weighted by atomic mass is 16.7. The van der Waals surface area contributed by atoms with Gasteiger partial charge in [-0.15, -0.1) is 0 Å². The molecule has 0 bridgehead atoms. The van der Waals surface area contributed by atoms with E-state index in [-0.39, 0.29) is 18.1 Å². The molecule has 0 atom stereocenters. The molecule has 1 N–H and O–H groups in total. The summed E-state index contributed by atoms with van der Waals surface area (Å²) in [7, 11) is 5.50. The van der Waals surface area contributed by atoms with Gasteiger partial charge in [0.05, 0.1) is 29.1 Å². The van der Waals surface area contributed by atoms with Crippen molar-refractivity contribution in [3.63, 3.8) is 0 Å². The molecule has 9 heteroatoms. The van der Waals surface area contributed by atoms with Crippen LogP contribution in [-0.4, -0.2) is 55.4 Å². The van der Waals surface area contributed by atoms with E-state index in [1.54, 1.807) is 36.5 Å². The van der Waals surface area contributed by atoms with Gasteiger partial charge in [-0.2, -0.15) is 0 Å². The average Bonchev–Trinajstić information content (AvgIpc) is 3.40. The highest BCUT2D eigenvalue weighted by molar-refractivity contribution is 6.15. The zero-order chi connectivity index (χ0) is 26.4. The number of likely N-dealkylation sites (N-methyl/N-ethyl adjacent to an activating group) is 1. The minimum atomic E-state index is -0.547. The monoisotopic (exact) mass is 511 g/mol. The summed E-state index contributed by atoms with van der Waals surface area (Å²) in [6, 6.07) is 13.7. The Bertz CT molecular complexity index is 1780. The highest BCUT2D eigenvalue weighted by Gasteiger charge is 2.24. The number of ether oxygens (including phenoxy) is 4. The largest absolute Gasteiger partial charge is 0.493 e. The molecule has 6 rings (SSSR count). The maximum absolute atomic E-state index is 13.4. The third kappa shape index (κ3) is 3.97. The molecule has 192 valence electrons. The molecule has 0 saturated heterocycles. The second kappa shape index (κ2) is 9.35. The molecule has 2 aromatic heterocycles. The van der Waals surface area contributed by atoms with Gasteiger partial charge in [-0.05, 0) is 50.8 Å². The maximum Gasteiger partial charge on any atom is 0.343 e. The second-order valence-electron chi connectivity index (χ2n) is 9.34. The van der Waals surface area contributed by atoms with Crippen molar-refractivity contribution in [3.8, 4) is 23.0 Å². The van der Waals surface area contributed by atoms with Crippen molar-refractivity contribution in [3.05, 3.63) is 76.2 Å². The Morgan fingerprint density at radius 3 is 2.58 bits per heavy atom. The number of pyridine rings is 2. The molecule has 0 unspecified atom stereocenters. The fraction of sp³-hybridized carbons (Fsp3) is 0.207. The Hall–Kier alpha value is -4.63. The van der Waals surface area contributed by atoms with E-state index >= 15 is 0 Å². The van der Waals surface area contributed by atoms with Crippen LogP contribution in [0.1, 0.15) is 15.9 Å². The van der Waals surface area contributed by atoms with Crippen molar-refractivity contribution in [2.75, 3.05) is 34.5 Å². The lowest BCUT2D eigenvalue weighted by Gasteiger charge is -2.15. The van der Waals surface area contributed by atoms with Crippen molar-refractivity contribution >= 4 is 38.5 Å². The van der Waals surface area contributed by atoms with Crippen LogP contribution in [0.4, 0.5) is 0 Å². The van der Waals surface area contributed by atoms with Crippen LogP contribution in [0.3, 0.4) is 0 Å². The van der Waals surface area contributed by atoms with E-state index in [0.29, 0.717) is 45.5 Å². The minimum Gasteiger partial charge on any atom is -0.493 e. The maximum atomic E-state index is 13.4. The van der Waals surface area contributed by atoms with Crippen LogP contribution in [-0.2, 0) is 6.42 Å². The number of rotatable bonds is 6. The van der Waals surface area contributed by atoms with Crippen molar-refractivity contribution in [1.29, 1.82) is 0 Å². The molecule has 1 aliphatic rings. The Morgan fingerprint density at radius 2 is 1.82 bits per heavy atom. The summed E-state index contributed by atoms with van der Waals surface area (Å²) in [6.45, 7) is 0.935. The standard InChI is InChI=1S/C29H25N3O6/c1-32(2)10-9-17-25-20(13-24-27(17)37-15-36-24)26-21(14-30-25)18-11-22(35-3)23(12-19(18)28(33)31-26)38-29(34)16-7-5-4-6-8-16/h4-8,11-14H,9-10,15H2,1-3H3,(H,31,33). The predicted molar refractivity (Wildman–Crippen MR) is 144 cm³/mol. The summed E-state index contributed by atoms with van der Waals surface area (Å²) in [5.41, 5.74) is 2.38. The first-order valence-corrected chi connectivity index (χ1v) is 12.1. The quantitative estimate of drug-likeness (QED) is 0.205. The van der Waals surface area contributed by atoms with Gasteiger partial charge in [-0.1, -0.05) is 18.2 Å². The van der Waals surface area contributed by atoms with E-state index in [0.717, 1.165) is 28.4 Å². The minimum absolute atomic E-state index is 0.139. The van der Waals surface area contributed by atoms with E-state index in [1.807, 2.05) is 26.2 Å². The topological polar surface area (TPSA) is 103 Å². The number of aromatic amines is 1. The molecule has 5 aromatic rings. The van der Waals surface area contributed by atoms with Gasteiger partial charge < -0.3 is 28.8 Å². The van der Waals surface area contributed by atoms with E-state index in [9.17, 15) is 9.59 Å². The van der Waals surface area contributed by atoms with E-state index < -0.39 is 5.97 Å². The molecule has 0 amide bonds. The fourth-order valence-corrected chi connectivity index (χ4v) is 4.81. The number of carbonyl (C=O) groups is 1. The van der Waals surface area contributed by atoms with Crippen molar-refractivity contribution in [2.45, 2.75) is 6.42 Å². The number of nitrogens with one attached hydrogen (secondary N) is 1. The molecule has 0 spiro atoms. The van der Waals surface area contributed by atoms with Gasteiger partial charge in [0.25, 0.3) is 5.56 Å². The highest BCUT2D eigenvalue weighted by Crippen LogP contribution is 2.43. The summed E-state index contributed by atoms with van der Waals surface area (Å²) in [6.07, 6.45) is 2.45. The molecule has 3 heterocycles. The second-order valence-corrected chi connectivity index (χ2v) is 9.34. The van der Waals surface area contributed by atoms with Crippen LogP contribution in [0, 0.1) is 0 Å². The van der Waals surface area contributed by atoms with Crippen LogP contribution in [0.5, 0.6) is 23.0 Å². The Kier molecular flexibility index (Phi) is 5.84. The number of nitrogens with zero attached hydrogens (tertiary/aromatic N) is 2. The zero-order valence-electron chi connectivity index (χ0n) is 21.2. The van der Waals surface area contributed by atoms with Crippen LogP contribution in [0.25, 0.3) is 32.6 Å². The normalized spacial score (nSPS) is 12.5. The molecule has 1 aliphatic heterocycles. The summed E-state index contributed by atoms with van der Waals surface area (Å²) in [4.78, 5) is 36.0. The molecule has 3 aromatic carbocycles. The van der Waals surface area contributed by atoms with E-state index in [4.69, 9.17) is 23.9 Å². The van der Waals surface area contributed by atoms with Gasteiger partial charge in [-0.3, -0.25) is 9.78 Å². The Balaban J connectivity index is 1.54.